The molecule has 0 atom stereocenters. The first-order valence-electron chi connectivity index (χ1n) is 6.76. The summed E-state index contributed by atoms with van der Waals surface area (Å²) in [6, 6.07) is 10.2. The monoisotopic (exact) mass is 362 g/mol. The summed E-state index contributed by atoms with van der Waals surface area (Å²) in [6.45, 7) is 1.80. The van der Waals surface area contributed by atoms with Crippen LogP contribution in [0.3, 0.4) is 0 Å². The van der Waals surface area contributed by atoms with E-state index >= 15 is 0 Å². The maximum absolute atomic E-state index is 13.2. The lowest BCUT2D eigenvalue weighted by molar-refractivity contribution is -0.137. The molecule has 24 heavy (non-hydrogen) atoms. The van der Waals surface area contributed by atoms with Gasteiger partial charge >= 0.3 is 12.4 Å². The Hall–Kier alpha value is -1.89. The number of rotatable bonds is 3. The zero-order valence-corrected chi connectivity index (χ0v) is 13.2. The van der Waals surface area contributed by atoms with Crippen molar-refractivity contribution in [3.63, 3.8) is 0 Å². The van der Waals surface area contributed by atoms with Crippen molar-refractivity contribution >= 4 is 17.8 Å². The zero-order chi connectivity index (χ0) is 18.0. The summed E-state index contributed by atoms with van der Waals surface area (Å²) < 4.78 is 77.6. The first kappa shape index (κ1) is 18.4. The van der Waals surface area contributed by atoms with Gasteiger partial charge in [-0.2, -0.15) is 26.3 Å². The third-order valence-electron chi connectivity index (χ3n) is 3.04. The number of benzene rings is 2. The lowest BCUT2D eigenvalue weighted by Gasteiger charge is -2.12. The van der Waals surface area contributed by atoms with Gasteiger partial charge in [0.2, 0.25) is 0 Å². The van der Waals surface area contributed by atoms with E-state index in [0.717, 1.165) is 23.8 Å². The summed E-state index contributed by atoms with van der Waals surface area (Å²) in [4.78, 5) is -0.623. The summed E-state index contributed by atoms with van der Waals surface area (Å²) in [6.07, 6.45) is -8.55. The summed E-state index contributed by atoms with van der Waals surface area (Å²) in [7, 11) is 0. The Morgan fingerprint density at radius 3 is 2.08 bits per heavy atom. The van der Waals surface area contributed by atoms with Gasteiger partial charge in [0.05, 0.1) is 10.5 Å². The van der Waals surface area contributed by atoms with Crippen molar-refractivity contribution in [1.82, 2.24) is 0 Å². The molecule has 0 amide bonds. The standard InChI is InChI=1S/C17H12F6S/c1-11-5-7-14(8-6-11)24-15(17(21,22)23)10-12-3-2-4-13(9-12)16(18,19)20/h2-10H,1H3. The molecule has 7 heteroatoms. The SMILES string of the molecule is Cc1ccc(SC(=Cc2cccc(C(F)(F)F)c2)C(F)(F)F)cc1. The van der Waals surface area contributed by atoms with Crippen molar-refractivity contribution in [2.75, 3.05) is 0 Å². The second kappa shape index (κ2) is 6.93. The molecule has 0 aliphatic rings. The first-order valence-corrected chi connectivity index (χ1v) is 7.58. The van der Waals surface area contributed by atoms with Crippen LogP contribution in [0, 0.1) is 6.92 Å². The molecule has 0 aromatic heterocycles. The topological polar surface area (TPSA) is 0 Å². The fraction of sp³-hybridized carbons (Fsp3) is 0.176. The van der Waals surface area contributed by atoms with Crippen molar-refractivity contribution in [3.8, 4) is 0 Å². The maximum Gasteiger partial charge on any atom is 0.422 e. The number of halogens is 6. The molecular formula is C17H12F6S. The van der Waals surface area contributed by atoms with Crippen LogP contribution in [0.4, 0.5) is 26.3 Å². The molecule has 0 aliphatic heterocycles. The van der Waals surface area contributed by atoms with Crippen LogP contribution in [0.2, 0.25) is 0 Å². The van der Waals surface area contributed by atoms with E-state index in [1.165, 1.54) is 18.2 Å². The molecule has 0 spiro atoms. The van der Waals surface area contributed by atoms with Crippen LogP contribution in [0.1, 0.15) is 16.7 Å². The molecule has 0 bridgehead atoms. The van der Waals surface area contributed by atoms with Crippen LogP contribution >= 0.6 is 11.8 Å². The third kappa shape index (κ3) is 5.06. The van der Waals surface area contributed by atoms with E-state index in [2.05, 4.69) is 0 Å². The largest absolute Gasteiger partial charge is 0.422 e. The van der Waals surface area contributed by atoms with Gasteiger partial charge in [-0.15, -0.1) is 0 Å². The number of aryl methyl sites for hydroxylation is 1. The van der Waals surface area contributed by atoms with Crippen LogP contribution in [-0.2, 0) is 6.18 Å². The minimum atomic E-state index is -4.66. The molecule has 0 saturated heterocycles. The first-order chi connectivity index (χ1) is 11.1. The maximum atomic E-state index is 13.2. The van der Waals surface area contributed by atoms with Gasteiger partial charge in [0.1, 0.15) is 0 Å². The van der Waals surface area contributed by atoms with Gasteiger partial charge in [0, 0.05) is 4.90 Å². The molecule has 0 N–H and O–H groups in total. The van der Waals surface area contributed by atoms with Gasteiger partial charge < -0.3 is 0 Å². The fourth-order valence-corrected chi connectivity index (χ4v) is 2.70. The van der Waals surface area contributed by atoms with Crippen molar-refractivity contribution in [3.05, 3.63) is 70.1 Å². The lowest BCUT2D eigenvalue weighted by Crippen LogP contribution is -2.09. The Kier molecular flexibility index (Phi) is 5.32. The van der Waals surface area contributed by atoms with E-state index in [4.69, 9.17) is 0 Å². The molecular weight excluding hydrogens is 350 g/mol. The molecule has 2 aromatic carbocycles. The summed E-state index contributed by atoms with van der Waals surface area (Å²) >= 11 is 0.467. The van der Waals surface area contributed by atoms with Crippen LogP contribution in [-0.4, -0.2) is 6.18 Å². The molecule has 0 aliphatic carbocycles. The van der Waals surface area contributed by atoms with Crippen molar-refractivity contribution in [2.45, 2.75) is 24.2 Å². The number of thioether (sulfide) groups is 1. The van der Waals surface area contributed by atoms with E-state index in [1.807, 2.05) is 0 Å². The van der Waals surface area contributed by atoms with E-state index < -0.39 is 22.8 Å². The number of alkyl halides is 6. The van der Waals surface area contributed by atoms with Gasteiger partial charge in [-0.1, -0.05) is 41.6 Å². The highest BCUT2D eigenvalue weighted by molar-refractivity contribution is 8.03. The average Bonchev–Trinajstić information content (AvgIpc) is 2.47. The van der Waals surface area contributed by atoms with Crippen LogP contribution in [0.25, 0.3) is 6.08 Å². The molecule has 0 unspecified atom stereocenters. The quantitative estimate of drug-likeness (QED) is 0.432. The Morgan fingerprint density at radius 1 is 0.917 bits per heavy atom. The van der Waals surface area contributed by atoms with Crippen LogP contribution in [0.15, 0.2) is 58.3 Å². The number of allylic oxidation sites excluding steroid dienone is 1. The van der Waals surface area contributed by atoms with Crippen molar-refractivity contribution < 1.29 is 26.3 Å². The van der Waals surface area contributed by atoms with Gasteiger partial charge in [-0.05, 0) is 42.8 Å². The normalized spacial score (nSPS) is 13.2. The second-order valence-electron chi connectivity index (χ2n) is 5.04. The number of hydrogen-bond donors (Lipinski definition) is 0. The summed E-state index contributed by atoms with van der Waals surface area (Å²) in [5.74, 6) is 0. The average molecular weight is 362 g/mol. The molecule has 128 valence electrons. The molecule has 0 fully saturated rings. The Morgan fingerprint density at radius 2 is 1.54 bits per heavy atom. The van der Waals surface area contributed by atoms with E-state index in [9.17, 15) is 26.3 Å². The number of hydrogen-bond acceptors (Lipinski definition) is 1. The highest BCUT2D eigenvalue weighted by atomic mass is 32.2. The Bertz CT molecular complexity index is 726. The van der Waals surface area contributed by atoms with Gasteiger partial charge in [-0.3, -0.25) is 0 Å². The van der Waals surface area contributed by atoms with E-state index in [1.54, 1.807) is 19.1 Å². The predicted molar refractivity (Wildman–Crippen MR) is 82.5 cm³/mol. The molecule has 0 nitrogen and oxygen atoms in total. The van der Waals surface area contributed by atoms with Crippen molar-refractivity contribution in [1.29, 1.82) is 0 Å². The lowest BCUT2D eigenvalue weighted by atomic mass is 10.1. The molecule has 0 heterocycles. The Labute approximate surface area is 139 Å². The fourth-order valence-electron chi connectivity index (χ4n) is 1.86. The zero-order valence-electron chi connectivity index (χ0n) is 12.4. The summed E-state index contributed by atoms with van der Waals surface area (Å²) in [5.41, 5.74) is -0.246. The molecule has 2 rings (SSSR count). The summed E-state index contributed by atoms with van der Waals surface area (Å²) in [5, 5.41) is 0. The third-order valence-corrected chi connectivity index (χ3v) is 4.12. The van der Waals surface area contributed by atoms with E-state index in [0.29, 0.717) is 22.7 Å². The van der Waals surface area contributed by atoms with Crippen LogP contribution in [0.5, 0.6) is 0 Å². The molecule has 0 radical (unpaired) electrons. The van der Waals surface area contributed by atoms with Crippen molar-refractivity contribution in [2.24, 2.45) is 0 Å². The minimum Gasteiger partial charge on any atom is -0.166 e. The van der Waals surface area contributed by atoms with E-state index in [-0.39, 0.29) is 5.56 Å². The van der Waals surface area contributed by atoms with Gasteiger partial charge in [0.15, 0.2) is 0 Å². The molecule has 0 saturated carbocycles. The second-order valence-corrected chi connectivity index (χ2v) is 6.16. The predicted octanol–water partition coefficient (Wildman–Crippen LogP) is 6.71. The van der Waals surface area contributed by atoms with Gasteiger partial charge in [0.25, 0.3) is 0 Å². The smallest absolute Gasteiger partial charge is 0.166 e. The van der Waals surface area contributed by atoms with Crippen LogP contribution < -0.4 is 0 Å². The molecule has 2 aromatic rings. The van der Waals surface area contributed by atoms with Gasteiger partial charge in [-0.25, -0.2) is 0 Å². The highest BCUT2D eigenvalue weighted by Crippen LogP contribution is 2.40. The Balaban J connectivity index is 2.38. The highest BCUT2D eigenvalue weighted by Gasteiger charge is 2.35. The minimum absolute atomic E-state index is 0.156.